The molecule has 2 rings (SSSR count). The van der Waals surface area contributed by atoms with Crippen LogP contribution in [-0.4, -0.2) is 36.3 Å². The molecular formula is C15H18F2N2S. The van der Waals surface area contributed by atoms with E-state index in [1.54, 1.807) is 12.1 Å². The number of nitrogens with zero attached hydrogens (tertiary/aromatic N) is 1. The summed E-state index contributed by atoms with van der Waals surface area (Å²) >= 11 is 0.590. The summed E-state index contributed by atoms with van der Waals surface area (Å²) in [5, 5.41) is 3.38. The zero-order valence-electron chi connectivity index (χ0n) is 11.2. The van der Waals surface area contributed by atoms with Crippen molar-refractivity contribution in [3.05, 3.63) is 24.3 Å². The first kappa shape index (κ1) is 15.1. The fourth-order valence-corrected chi connectivity index (χ4v) is 2.97. The Balaban J connectivity index is 1.93. The van der Waals surface area contributed by atoms with Crippen molar-refractivity contribution in [2.45, 2.75) is 29.5 Å². The van der Waals surface area contributed by atoms with Crippen LogP contribution in [0.4, 0.5) is 14.5 Å². The Hall–Kier alpha value is -1.25. The number of anilines is 1. The minimum atomic E-state index is -2.39. The van der Waals surface area contributed by atoms with E-state index in [9.17, 15) is 8.78 Å². The lowest BCUT2D eigenvalue weighted by atomic mass is 10.0. The van der Waals surface area contributed by atoms with Crippen LogP contribution in [0.15, 0.2) is 29.2 Å². The van der Waals surface area contributed by atoms with Crippen molar-refractivity contribution in [1.29, 1.82) is 0 Å². The molecule has 2 nitrogen and oxygen atoms in total. The Bertz CT molecular complexity index is 465. The van der Waals surface area contributed by atoms with Crippen molar-refractivity contribution in [2.75, 3.05) is 25.0 Å². The minimum Gasteiger partial charge on any atom is -0.381 e. The average molecular weight is 296 g/mol. The topological polar surface area (TPSA) is 15.3 Å². The standard InChI is InChI=1S/C15H18F2N2S/c1-2-9-19-10-7-12(8-11-19)18-13-5-3-4-6-14(13)20-15(16)17/h1,3-6,12,15,18H,7-11H2. The number of benzene rings is 1. The van der Waals surface area contributed by atoms with E-state index in [1.807, 2.05) is 12.1 Å². The number of thioether (sulfide) groups is 1. The molecule has 20 heavy (non-hydrogen) atoms. The zero-order chi connectivity index (χ0) is 14.4. The molecular weight excluding hydrogens is 278 g/mol. The first-order valence-corrected chi connectivity index (χ1v) is 7.53. The molecule has 0 bridgehead atoms. The van der Waals surface area contributed by atoms with Crippen molar-refractivity contribution in [2.24, 2.45) is 0 Å². The molecule has 0 radical (unpaired) electrons. The Morgan fingerprint density at radius 2 is 2.05 bits per heavy atom. The smallest absolute Gasteiger partial charge is 0.288 e. The minimum absolute atomic E-state index is 0.323. The molecule has 0 aromatic heterocycles. The molecule has 0 saturated carbocycles. The molecule has 1 aromatic rings. The van der Waals surface area contributed by atoms with Crippen LogP contribution < -0.4 is 5.32 Å². The first-order chi connectivity index (χ1) is 9.69. The van der Waals surface area contributed by atoms with Gasteiger partial charge in [0.2, 0.25) is 0 Å². The normalized spacial score (nSPS) is 17.1. The van der Waals surface area contributed by atoms with Crippen molar-refractivity contribution in [1.82, 2.24) is 4.90 Å². The van der Waals surface area contributed by atoms with Crippen LogP contribution in [0.3, 0.4) is 0 Å². The van der Waals surface area contributed by atoms with E-state index in [0.717, 1.165) is 31.6 Å². The molecule has 0 aliphatic carbocycles. The fourth-order valence-electron chi connectivity index (χ4n) is 2.37. The molecule has 0 unspecified atom stereocenters. The summed E-state index contributed by atoms with van der Waals surface area (Å²) in [7, 11) is 0. The van der Waals surface area contributed by atoms with E-state index < -0.39 is 5.76 Å². The summed E-state index contributed by atoms with van der Waals surface area (Å²) in [5.74, 6) is 0.258. The fraction of sp³-hybridized carbons (Fsp3) is 0.467. The van der Waals surface area contributed by atoms with Crippen LogP contribution in [0.25, 0.3) is 0 Å². The lowest BCUT2D eigenvalue weighted by Gasteiger charge is -2.32. The second-order valence-electron chi connectivity index (χ2n) is 4.77. The Morgan fingerprint density at radius 3 is 2.70 bits per heavy atom. The number of halogens is 2. The summed E-state index contributed by atoms with van der Waals surface area (Å²) in [6, 6.07) is 7.56. The quantitative estimate of drug-likeness (QED) is 0.661. The predicted octanol–water partition coefficient (Wildman–Crippen LogP) is 3.51. The van der Waals surface area contributed by atoms with Crippen LogP contribution in [0, 0.1) is 12.3 Å². The number of hydrogen-bond acceptors (Lipinski definition) is 3. The summed E-state index contributed by atoms with van der Waals surface area (Å²) in [6.07, 6.45) is 7.27. The third-order valence-electron chi connectivity index (χ3n) is 3.37. The number of rotatable bonds is 5. The Morgan fingerprint density at radius 1 is 1.35 bits per heavy atom. The maximum atomic E-state index is 12.5. The van der Waals surface area contributed by atoms with Crippen LogP contribution in [-0.2, 0) is 0 Å². The van der Waals surface area contributed by atoms with Crippen LogP contribution >= 0.6 is 11.8 Å². The van der Waals surface area contributed by atoms with E-state index in [4.69, 9.17) is 6.42 Å². The van der Waals surface area contributed by atoms with Gasteiger partial charge in [-0.15, -0.1) is 6.42 Å². The Labute approximate surface area is 122 Å². The van der Waals surface area contributed by atoms with Gasteiger partial charge in [0.1, 0.15) is 0 Å². The SMILES string of the molecule is C#CCN1CCC(Nc2ccccc2SC(F)F)CC1. The maximum Gasteiger partial charge on any atom is 0.288 e. The number of nitrogens with one attached hydrogen (secondary N) is 1. The summed E-state index contributed by atoms with van der Waals surface area (Å²) in [4.78, 5) is 2.84. The number of hydrogen-bond donors (Lipinski definition) is 1. The molecule has 0 spiro atoms. The number of piperidine rings is 1. The molecule has 1 fully saturated rings. The number of likely N-dealkylation sites (tertiary alicyclic amines) is 1. The molecule has 5 heteroatoms. The van der Waals surface area contributed by atoms with Gasteiger partial charge >= 0.3 is 0 Å². The van der Waals surface area contributed by atoms with Gasteiger partial charge in [0.25, 0.3) is 5.76 Å². The van der Waals surface area contributed by atoms with Crippen molar-refractivity contribution < 1.29 is 8.78 Å². The average Bonchev–Trinajstić information content (AvgIpc) is 2.43. The van der Waals surface area contributed by atoms with E-state index in [-0.39, 0.29) is 0 Å². The molecule has 1 heterocycles. The third kappa shape index (κ3) is 4.39. The van der Waals surface area contributed by atoms with Gasteiger partial charge in [-0.2, -0.15) is 8.78 Å². The van der Waals surface area contributed by atoms with Gasteiger partial charge in [-0.3, -0.25) is 4.90 Å². The largest absolute Gasteiger partial charge is 0.381 e. The second-order valence-corrected chi connectivity index (χ2v) is 5.81. The zero-order valence-corrected chi connectivity index (χ0v) is 12.0. The molecule has 1 aliphatic rings. The Kier molecular flexibility index (Phi) is 5.69. The van der Waals surface area contributed by atoms with E-state index >= 15 is 0 Å². The highest BCUT2D eigenvalue weighted by molar-refractivity contribution is 7.99. The van der Waals surface area contributed by atoms with Gasteiger partial charge in [-0.05, 0) is 25.0 Å². The van der Waals surface area contributed by atoms with Crippen LogP contribution in [0.5, 0.6) is 0 Å². The monoisotopic (exact) mass is 296 g/mol. The van der Waals surface area contributed by atoms with Gasteiger partial charge in [0, 0.05) is 29.7 Å². The van der Waals surface area contributed by atoms with Gasteiger partial charge in [0.05, 0.1) is 6.54 Å². The lowest BCUT2D eigenvalue weighted by molar-refractivity contribution is 0.243. The van der Waals surface area contributed by atoms with Crippen LogP contribution in [0.1, 0.15) is 12.8 Å². The maximum absolute atomic E-state index is 12.5. The summed E-state index contributed by atoms with van der Waals surface area (Å²) in [6.45, 7) is 2.59. The van der Waals surface area contributed by atoms with Crippen molar-refractivity contribution >= 4 is 17.4 Å². The second kappa shape index (κ2) is 7.51. The molecule has 0 amide bonds. The highest BCUT2D eigenvalue weighted by Crippen LogP contribution is 2.32. The molecule has 1 aromatic carbocycles. The van der Waals surface area contributed by atoms with Gasteiger partial charge in [0.15, 0.2) is 0 Å². The third-order valence-corrected chi connectivity index (χ3v) is 4.15. The lowest BCUT2D eigenvalue weighted by Crippen LogP contribution is -2.39. The van der Waals surface area contributed by atoms with Crippen molar-refractivity contribution in [3.8, 4) is 12.3 Å². The van der Waals surface area contributed by atoms with E-state index in [0.29, 0.717) is 29.2 Å². The van der Waals surface area contributed by atoms with Crippen molar-refractivity contribution in [3.63, 3.8) is 0 Å². The van der Waals surface area contributed by atoms with Gasteiger partial charge < -0.3 is 5.32 Å². The molecule has 0 atom stereocenters. The van der Waals surface area contributed by atoms with Crippen LogP contribution in [0.2, 0.25) is 0 Å². The highest BCUT2D eigenvalue weighted by Gasteiger charge is 2.19. The van der Waals surface area contributed by atoms with Gasteiger partial charge in [-0.1, -0.05) is 29.8 Å². The van der Waals surface area contributed by atoms with Gasteiger partial charge in [-0.25, -0.2) is 0 Å². The molecule has 108 valence electrons. The summed E-state index contributed by atoms with van der Waals surface area (Å²) in [5.41, 5.74) is 0.799. The number of terminal acetylenes is 1. The molecule has 1 N–H and O–H groups in total. The number of para-hydroxylation sites is 1. The van der Waals surface area contributed by atoms with E-state index in [2.05, 4.69) is 16.1 Å². The summed E-state index contributed by atoms with van der Waals surface area (Å²) < 4.78 is 25.0. The number of alkyl halides is 2. The van der Waals surface area contributed by atoms with E-state index in [1.165, 1.54) is 0 Å². The molecule has 1 aliphatic heterocycles. The highest BCUT2D eigenvalue weighted by atomic mass is 32.2. The first-order valence-electron chi connectivity index (χ1n) is 6.65. The predicted molar refractivity (Wildman–Crippen MR) is 80.2 cm³/mol. The molecule has 1 saturated heterocycles.